The number of carbonyl (C=O) groups excluding carboxylic acids is 1. The molecule has 0 atom stereocenters. The van der Waals surface area contributed by atoms with E-state index < -0.39 is 5.63 Å². The molecule has 2 rings (SSSR count). The van der Waals surface area contributed by atoms with Crippen molar-refractivity contribution in [1.82, 2.24) is 0 Å². The highest BCUT2D eigenvalue weighted by molar-refractivity contribution is 5.78. The van der Waals surface area contributed by atoms with Gasteiger partial charge in [0, 0.05) is 23.4 Å². The molecule has 0 spiro atoms. The summed E-state index contributed by atoms with van der Waals surface area (Å²) in [4.78, 5) is 23.7. The Hall–Kier alpha value is -2.56. The topological polar surface area (TPSA) is 65.7 Å². The van der Waals surface area contributed by atoms with Crippen molar-refractivity contribution in [3.63, 3.8) is 0 Å². The normalized spacial score (nSPS) is 10.5. The zero-order valence-corrected chi connectivity index (χ0v) is 13.9. The smallest absolute Gasteiger partial charge is 0.339 e. The maximum absolute atomic E-state index is 12.1. The van der Waals surface area contributed by atoms with E-state index in [1.54, 1.807) is 24.3 Å². The van der Waals surface area contributed by atoms with Crippen LogP contribution in [0.15, 0.2) is 46.1 Å². The fourth-order valence-corrected chi connectivity index (χ4v) is 2.19. The Morgan fingerprint density at radius 3 is 2.92 bits per heavy atom. The van der Waals surface area contributed by atoms with E-state index in [2.05, 4.69) is 6.58 Å². The summed E-state index contributed by atoms with van der Waals surface area (Å²) in [6.07, 6.45) is 3.93. The van der Waals surface area contributed by atoms with Crippen LogP contribution >= 0.6 is 0 Å². The fraction of sp³-hybridized carbons (Fsp3) is 0.368. The number of benzene rings is 1. The van der Waals surface area contributed by atoms with Gasteiger partial charge in [-0.3, -0.25) is 4.79 Å². The Labute approximate surface area is 140 Å². The van der Waals surface area contributed by atoms with E-state index in [9.17, 15) is 9.59 Å². The molecule has 0 aliphatic rings. The molecule has 0 aliphatic carbocycles. The van der Waals surface area contributed by atoms with E-state index in [1.807, 2.05) is 13.0 Å². The van der Waals surface area contributed by atoms with Crippen LogP contribution in [0.1, 0.15) is 31.7 Å². The van der Waals surface area contributed by atoms with E-state index in [4.69, 9.17) is 13.9 Å². The van der Waals surface area contributed by atoms with Crippen molar-refractivity contribution < 1.29 is 18.7 Å². The first kappa shape index (κ1) is 17.8. The van der Waals surface area contributed by atoms with Crippen LogP contribution in [0, 0.1) is 0 Å². The van der Waals surface area contributed by atoms with Crippen LogP contribution in [0.3, 0.4) is 0 Å². The van der Waals surface area contributed by atoms with Gasteiger partial charge in [0.2, 0.25) is 0 Å². The summed E-state index contributed by atoms with van der Waals surface area (Å²) >= 11 is 0. The van der Waals surface area contributed by atoms with Crippen molar-refractivity contribution in [2.75, 3.05) is 13.2 Å². The number of rotatable bonds is 9. The number of aryl methyl sites for hydroxylation is 1. The second kappa shape index (κ2) is 8.91. The molecule has 128 valence electrons. The van der Waals surface area contributed by atoms with Crippen LogP contribution in [0.25, 0.3) is 11.0 Å². The number of carbonyl (C=O) groups is 1. The maximum Gasteiger partial charge on any atom is 0.339 e. The molecule has 0 fully saturated rings. The average Bonchev–Trinajstić information content (AvgIpc) is 2.58. The molecule has 1 aromatic carbocycles. The molecule has 0 aliphatic heterocycles. The number of esters is 1. The lowest BCUT2D eigenvalue weighted by atomic mass is 10.1. The molecule has 24 heavy (non-hydrogen) atoms. The molecule has 2 aromatic rings. The Balaban J connectivity index is 2.06. The molecular weight excluding hydrogens is 308 g/mol. The number of ether oxygens (including phenoxy) is 2. The van der Waals surface area contributed by atoms with Crippen LogP contribution in [-0.4, -0.2) is 19.2 Å². The van der Waals surface area contributed by atoms with E-state index in [1.165, 1.54) is 0 Å². The third-order valence-electron chi connectivity index (χ3n) is 3.51. The summed E-state index contributed by atoms with van der Waals surface area (Å²) < 4.78 is 15.8. The minimum Gasteiger partial charge on any atom is -0.489 e. The van der Waals surface area contributed by atoms with Crippen molar-refractivity contribution in [2.24, 2.45) is 0 Å². The highest BCUT2D eigenvalue weighted by Gasteiger charge is 2.10. The third kappa shape index (κ3) is 4.98. The monoisotopic (exact) mass is 330 g/mol. The lowest BCUT2D eigenvalue weighted by molar-refractivity contribution is -0.143. The highest BCUT2D eigenvalue weighted by atomic mass is 16.5. The van der Waals surface area contributed by atoms with Gasteiger partial charge in [-0.1, -0.05) is 26.0 Å². The van der Waals surface area contributed by atoms with Gasteiger partial charge in [-0.2, -0.15) is 0 Å². The summed E-state index contributed by atoms with van der Waals surface area (Å²) in [7, 11) is 0. The first-order chi connectivity index (χ1) is 11.6. The standard InChI is InChI=1S/C19H22O5/c1-3-5-11-23-18(20)9-7-15-12-14-6-8-16(22-10-4-2)13-17(14)24-19(15)21/h4,6,8,12-13H,2-3,5,7,9-11H2,1H3. The summed E-state index contributed by atoms with van der Waals surface area (Å²) in [5.74, 6) is 0.314. The molecule has 5 nitrogen and oxygen atoms in total. The van der Waals surface area contributed by atoms with Gasteiger partial charge in [-0.25, -0.2) is 4.79 Å². The molecule has 0 radical (unpaired) electrons. The summed E-state index contributed by atoms with van der Waals surface area (Å²) in [6, 6.07) is 7.04. The van der Waals surface area contributed by atoms with E-state index >= 15 is 0 Å². The molecule has 0 amide bonds. The van der Waals surface area contributed by atoms with Gasteiger partial charge in [0.15, 0.2) is 0 Å². The summed E-state index contributed by atoms with van der Waals surface area (Å²) in [5.41, 5.74) is 0.482. The summed E-state index contributed by atoms with van der Waals surface area (Å²) in [5, 5.41) is 0.787. The predicted octanol–water partition coefficient (Wildman–Crippen LogP) is 3.63. The molecule has 0 saturated heterocycles. The third-order valence-corrected chi connectivity index (χ3v) is 3.51. The van der Waals surface area contributed by atoms with Gasteiger partial charge in [0.1, 0.15) is 17.9 Å². The van der Waals surface area contributed by atoms with E-state index in [0.29, 0.717) is 36.5 Å². The van der Waals surface area contributed by atoms with E-state index in [-0.39, 0.29) is 12.4 Å². The first-order valence-electron chi connectivity index (χ1n) is 8.10. The van der Waals surface area contributed by atoms with Crippen LogP contribution in [0.4, 0.5) is 0 Å². The Bertz CT molecular complexity index is 760. The predicted molar refractivity (Wildman–Crippen MR) is 92.4 cm³/mol. The second-order valence-corrected chi connectivity index (χ2v) is 5.43. The van der Waals surface area contributed by atoms with Crippen molar-refractivity contribution in [3.05, 3.63) is 52.9 Å². The summed E-state index contributed by atoms with van der Waals surface area (Å²) in [6.45, 7) is 6.42. The molecule has 5 heteroatoms. The van der Waals surface area contributed by atoms with Gasteiger partial charge in [0.25, 0.3) is 0 Å². The minimum atomic E-state index is -0.440. The highest BCUT2D eigenvalue weighted by Crippen LogP contribution is 2.21. The Kier molecular flexibility index (Phi) is 6.61. The van der Waals surface area contributed by atoms with Gasteiger partial charge >= 0.3 is 11.6 Å². The maximum atomic E-state index is 12.1. The van der Waals surface area contributed by atoms with Gasteiger partial charge in [0.05, 0.1) is 6.61 Å². The quantitative estimate of drug-likeness (QED) is 0.304. The van der Waals surface area contributed by atoms with Crippen molar-refractivity contribution >= 4 is 16.9 Å². The van der Waals surface area contributed by atoms with Gasteiger partial charge in [-0.15, -0.1) is 0 Å². The molecule has 0 bridgehead atoms. The zero-order valence-electron chi connectivity index (χ0n) is 13.9. The van der Waals surface area contributed by atoms with Crippen LogP contribution < -0.4 is 10.4 Å². The van der Waals surface area contributed by atoms with Crippen molar-refractivity contribution in [3.8, 4) is 5.75 Å². The number of unbranched alkanes of at least 4 members (excludes halogenated alkanes) is 1. The average molecular weight is 330 g/mol. The molecule has 0 N–H and O–H groups in total. The lowest BCUT2D eigenvalue weighted by Gasteiger charge is -2.06. The van der Waals surface area contributed by atoms with Crippen LogP contribution in [0.5, 0.6) is 5.75 Å². The van der Waals surface area contributed by atoms with Crippen molar-refractivity contribution in [2.45, 2.75) is 32.6 Å². The molecular formula is C19H22O5. The molecule has 0 saturated carbocycles. The SMILES string of the molecule is C=CCOc1ccc2cc(CCC(=O)OCCCC)c(=O)oc2c1. The molecule has 1 heterocycles. The van der Waals surface area contributed by atoms with Crippen LogP contribution in [0.2, 0.25) is 0 Å². The number of fused-ring (bicyclic) bond motifs is 1. The van der Waals surface area contributed by atoms with Gasteiger partial charge < -0.3 is 13.9 Å². The largest absolute Gasteiger partial charge is 0.489 e. The van der Waals surface area contributed by atoms with Crippen molar-refractivity contribution in [1.29, 1.82) is 0 Å². The van der Waals surface area contributed by atoms with E-state index in [0.717, 1.165) is 18.2 Å². The Morgan fingerprint density at radius 2 is 2.17 bits per heavy atom. The lowest BCUT2D eigenvalue weighted by Crippen LogP contribution is -2.12. The Morgan fingerprint density at radius 1 is 1.33 bits per heavy atom. The first-order valence-corrected chi connectivity index (χ1v) is 8.10. The van der Waals surface area contributed by atoms with Crippen LogP contribution in [-0.2, 0) is 16.0 Å². The van der Waals surface area contributed by atoms with Gasteiger partial charge in [-0.05, 0) is 31.0 Å². The fourth-order valence-electron chi connectivity index (χ4n) is 2.19. The zero-order chi connectivity index (χ0) is 17.4. The minimum absolute atomic E-state index is 0.167. The number of hydrogen-bond donors (Lipinski definition) is 0. The molecule has 0 unspecified atom stereocenters. The number of hydrogen-bond acceptors (Lipinski definition) is 5. The molecule has 1 aromatic heterocycles. The second-order valence-electron chi connectivity index (χ2n) is 5.43.